The van der Waals surface area contributed by atoms with E-state index in [4.69, 9.17) is 21.2 Å². The predicted molar refractivity (Wildman–Crippen MR) is 105 cm³/mol. The molecule has 9 nitrogen and oxygen atoms in total. The van der Waals surface area contributed by atoms with Crippen LogP contribution in [-0.4, -0.2) is 46.2 Å². The minimum Gasteiger partial charge on any atom is -0.396 e. The van der Waals surface area contributed by atoms with Crippen molar-refractivity contribution in [3.8, 4) is 11.3 Å². The maximum atomic E-state index is 6.00. The average Bonchev–Trinajstić information content (AvgIpc) is 2.71. The molecule has 0 aromatic carbocycles. The van der Waals surface area contributed by atoms with Crippen molar-refractivity contribution in [1.29, 1.82) is 0 Å². The smallest absolute Gasteiger partial charge is 0.228 e. The summed E-state index contributed by atoms with van der Waals surface area (Å²) in [4.78, 5) is 19.6. The largest absolute Gasteiger partial charge is 0.396 e. The van der Waals surface area contributed by atoms with E-state index in [-0.39, 0.29) is 0 Å². The molecule has 1 fully saturated rings. The Kier molecular flexibility index (Phi) is 4.67. The van der Waals surface area contributed by atoms with Crippen molar-refractivity contribution in [2.45, 2.75) is 0 Å². The number of hydrogen-bond acceptors (Lipinski definition) is 9. The molecule has 0 saturated carbocycles. The highest BCUT2D eigenvalue weighted by Crippen LogP contribution is 2.27. The third-order valence-electron chi connectivity index (χ3n) is 4.21. The molecule has 0 atom stereocenters. The number of hydrogen-bond donors (Lipinski definition) is 3. The van der Waals surface area contributed by atoms with Crippen LogP contribution in [0, 0.1) is 0 Å². The fourth-order valence-corrected chi connectivity index (χ4v) is 2.77. The first-order valence-corrected chi connectivity index (χ1v) is 8.59. The van der Waals surface area contributed by atoms with Gasteiger partial charge in [-0.2, -0.15) is 4.98 Å². The van der Waals surface area contributed by atoms with E-state index < -0.39 is 0 Å². The lowest BCUT2D eigenvalue weighted by molar-refractivity contribution is 0.122. The van der Waals surface area contributed by atoms with Gasteiger partial charge in [-0.3, -0.25) is 4.98 Å². The second-order valence-corrected chi connectivity index (χ2v) is 6.10. The number of rotatable bonds is 4. The molecule has 1 aliphatic rings. The first-order valence-electron chi connectivity index (χ1n) is 8.59. The van der Waals surface area contributed by atoms with E-state index in [1.54, 1.807) is 30.7 Å². The number of aromatic nitrogens is 4. The van der Waals surface area contributed by atoms with Crippen LogP contribution in [0.3, 0.4) is 0 Å². The first-order chi connectivity index (χ1) is 13.2. The van der Waals surface area contributed by atoms with Gasteiger partial charge in [-0.15, -0.1) is 0 Å². The zero-order valence-corrected chi connectivity index (χ0v) is 14.7. The average molecular weight is 364 g/mol. The molecule has 4 heterocycles. The molecule has 1 aliphatic heterocycles. The van der Waals surface area contributed by atoms with E-state index in [1.165, 1.54) is 0 Å². The zero-order chi connectivity index (χ0) is 18.6. The number of nitrogen functional groups attached to an aromatic ring is 2. The van der Waals surface area contributed by atoms with E-state index in [0.29, 0.717) is 36.5 Å². The van der Waals surface area contributed by atoms with Gasteiger partial charge in [0.25, 0.3) is 0 Å². The van der Waals surface area contributed by atoms with Crippen LogP contribution >= 0.6 is 0 Å². The number of nitrogens with one attached hydrogen (secondary N) is 1. The monoisotopic (exact) mass is 364 g/mol. The predicted octanol–water partition coefficient (Wildman–Crippen LogP) is 1.68. The number of nitrogens with zero attached hydrogens (tertiary/aromatic N) is 5. The highest BCUT2D eigenvalue weighted by atomic mass is 16.5. The van der Waals surface area contributed by atoms with E-state index in [9.17, 15) is 0 Å². The summed E-state index contributed by atoms with van der Waals surface area (Å²) in [6.07, 6.45) is 4.97. The Labute approximate surface area is 156 Å². The van der Waals surface area contributed by atoms with Crippen LogP contribution < -0.4 is 21.7 Å². The first kappa shape index (κ1) is 17.0. The van der Waals surface area contributed by atoms with Gasteiger partial charge in [0.2, 0.25) is 5.95 Å². The molecule has 0 spiro atoms. The summed E-state index contributed by atoms with van der Waals surface area (Å²) in [5.74, 6) is 1.73. The second kappa shape index (κ2) is 7.42. The van der Waals surface area contributed by atoms with Gasteiger partial charge in [-0.05, 0) is 18.2 Å². The van der Waals surface area contributed by atoms with Crippen molar-refractivity contribution in [2.24, 2.45) is 0 Å². The summed E-state index contributed by atoms with van der Waals surface area (Å²) >= 11 is 0. The fraction of sp³-hybridized carbons (Fsp3) is 0.222. The van der Waals surface area contributed by atoms with Crippen molar-refractivity contribution in [3.05, 3.63) is 42.9 Å². The number of nitrogens with two attached hydrogens (primary N) is 2. The summed E-state index contributed by atoms with van der Waals surface area (Å²) in [5, 5.41) is 3.25. The molecule has 0 radical (unpaired) electrons. The van der Waals surface area contributed by atoms with E-state index >= 15 is 0 Å². The number of morpholine rings is 1. The summed E-state index contributed by atoms with van der Waals surface area (Å²) in [5.41, 5.74) is 14.6. The summed E-state index contributed by atoms with van der Waals surface area (Å²) in [6.45, 7) is 2.77. The summed E-state index contributed by atoms with van der Waals surface area (Å²) < 4.78 is 5.43. The molecule has 9 heteroatoms. The molecule has 4 rings (SSSR count). The molecule has 0 bridgehead atoms. The van der Waals surface area contributed by atoms with Gasteiger partial charge in [0.1, 0.15) is 11.6 Å². The normalized spacial score (nSPS) is 14.1. The lowest BCUT2D eigenvalue weighted by Crippen LogP contribution is -2.37. The van der Waals surface area contributed by atoms with E-state index in [2.05, 4.69) is 25.2 Å². The van der Waals surface area contributed by atoms with Crippen LogP contribution in [0.1, 0.15) is 0 Å². The van der Waals surface area contributed by atoms with Crippen molar-refractivity contribution >= 4 is 29.0 Å². The molecular formula is C18H20N8O. The minimum absolute atomic E-state index is 0.462. The van der Waals surface area contributed by atoms with Gasteiger partial charge in [-0.1, -0.05) is 0 Å². The Balaban J connectivity index is 1.73. The van der Waals surface area contributed by atoms with Crippen LogP contribution in [0.4, 0.5) is 29.0 Å². The highest BCUT2D eigenvalue weighted by molar-refractivity contribution is 5.73. The zero-order valence-electron chi connectivity index (χ0n) is 14.7. The van der Waals surface area contributed by atoms with Gasteiger partial charge in [-0.25, -0.2) is 9.97 Å². The van der Waals surface area contributed by atoms with Gasteiger partial charge >= 0.3 is 0 Å². The van der Waals surface area contributed by atoms with Gasteiger partial charge in [0, 0.05) is 37.1 Å². The molecule has 0 aliphatic carbocycles. The van der Waals surface area contributed by atoms with Crippen molar-refractivity contribution < 1.29 is 4.74 Å². The molecule has 138 valence electrons. The Morgan fingerprint density at radius 3 is 2.63 bits per heavy atom. The van der Waals surface area contributed by atoms with Crippen LogP contribution in [0.2, 0.25) is 0 Å². The second-order valence-electron chi connectivity index (χ2n) is 6.10. The van der Waals surface area contributed by atoms with Crippen molar-refractivity contribution in [3.63, 3.8) is 0 Å². The molecule has 5 N–H and O–H groups in total. The molecule has 27 heavy (non-hydrogen) atoms. The Morgan fingerprint density at radius 1 is 1.04 bits per heavy atom. The lowest BCUT2D eigenvalue weighted by atomic mass is 10.2. The van der Waals surface area contributed by atoms with Gasteiger partial charge in [0.15, 0.2) is 0 Å². The van der Waals surface area contributed by atoms with Gasteiger partial charge < -0.3 is 26.4 Å². The number of ether oxygens (including phenoxy) is 1. The highest BCUT2D eigenvalue weighted by Gasteiger charge is 2.17. The minimum atomic E-state index is 0.462. The van der Waals surface area contributed by atoms with E-state index in [0.717, 1.165) is 30.0 Å². The number of pyridine rings is 2. The van der Waals surface area contributed by atoms with E-state index in [1.807, 2.05) is 12.1 Å². The summed E-state index contributed by atoms with van der Waals surface area (Å²) in [7, 11) is 0. The molecule has 0 unspecified atom stereocenters. The fourth-order valence-electron chi connectivity index (χ4n) is 2.77. The molecule has 3 aromatic heterocycles. The number of anilines is 5. The van der Waals surface area contributed by atoms with Crippen LogP contribution in [0.25, 0.3) is 11.3 Å². The Morgan fingerprint density at radius 2 is 1.89 bits per heavy atom. The van der Waals surface area contributed by atoms with Crippen LogP contribution in [0.5, 0.6) is 0 Å². The van der Waals surface area contributed by atoms with Crippen LogP contribution in [-0.2, 0) is 4.74 Å². The maximum absolute atomic E-state index is 6.00. The Bertz CT molecular complexity index is 925. The molecule has 1 saturated heterocycles. The third kappa shape index (κ3) is 3.87. The molecular weight excluding hydrogens is 344 g/mol. The quantitative estimate of drug-likeness (QED) is 0.633. The Hall–Kier alpha value is -3.46. The standard InChI is InChI=1S/C18H20N8O/c19-13-11-21-4-3-14(13)23-17-9-15(12-1-2-16(20)22-10-12)24-18(25-17)26-5-7-27-8-6-26/h1-4,9-11H,5-8,19H2,(H2,20,22)(H,21,23,24,25). The maximum Gasteiger partial charge on any atom is 0.228 e. The van der Waals surface area contributed by atoms with Crippen molar-refractivity contribution in [2.75, 3.05) is 48.0 Å². The summed E-state index contributed by atoms with van der Waals surface area (Å²) in [6, 6.07) is 7.30. The van der Waals surface area contributed by atoms with Crippen LogP contribution in [0.15, 0.2) is 42.9 Å². The SMILES string of the molecule is Nc1ccc(-c2cc(Nc3ccncc3N)nc(N3CCOCC3)n2)cn1. The molecule has 3 aromatic rings. The topological polar surface area (TPSA) is 128 Å². The lowest BCUT2D eigenvalue weighted by Gasteiger charge is -2.27. The molecule has 0 amide bonds. The van der Waals surface area contributed by atoms with Gasteiger partial charge in [0.05, 0.1) is 36.5 Å². The third-order valence-corrected chi connectivity index (χ3v) is 4.21. The van der Waals surface area contributed by atoms with Crippen molar-refractivity contribution in [1.82, 2.24) is 19.9 Å².